The van der Waals surface area contributed by atoms with Crippen molar-refractivity contribution in [2.45, 2.75) is 172 Å². The van der Waals surface area contributed by atoms with Crippen molar-refractivity contribution < 1.29 is 68.6 Å². The van der Waals surface area contributed by atoms with E-state index in [4.69, 9.17) is 28.4 Å². The molecule has 15 nitrogen and oxygen atoms in total. The highest BCUT2D eigenvalue weighted by molar-refractivity contribution is 5.83. The Balaban J connectivity index is 2.20. The van der Waals surface area contributed by atoms with Crippen LogP contribution in [-0.2, 0) is 38.0 Å². The molecule has 0 aromatic heterocycles. The van der Waals surface area contributed by atoms with E-state index in [0.29, 0.717) is 6.42 Å². The maximum absolute atomic E-state index is 14.1. The lowest BCUT2D eigenvalue weighted by atomic mass is 9.74. The largest absolute Gasteiger partial charge is 0.459 e. The smallest absolute Gasteiger partial charge is 0.311 e. The first kappa shape index (κ1) is 45.1. The topological polar surface area (TPSA) is 214 Å². The average Bonchev–Trinajstić information content (AvgIpc) is 3.06. The van der Waals surface area contributed by atoms with Crippen LogP contribution in [0.25, 0.3) is 0 Å². The molecule has 3 aliphatic heterocycles. The van der Waals surface area contributed by atoms with Gasteiger partial charge in [-0.2, -0.15) is 0 Å². The van der Waals surface area contributed by atoms with Crippen molar-refractivity contribution in [1.82, 2.24) is 4.90 Å². The lowest BCUT2D eigenvalue weighted by molar-refractivity contribution is -0.318. The van der Waals surface area contributed by atoms with Crippen LogP contribution in [0.5, 0.6) is 0 Å². The van der Waals surface area contributed by atoms with E-state index in [0.717, 1.165) is 0 Å². The van der Waals surface area contributed by atoms with Gasteiger partial charge in [-0.05, 0) is 68.5 Å². The number of methoxy groups -OCH3 is 1. The van der Waals surface area contributed by atoms with E-state index < -0.39 is 114 Å². The van der Waals surface area contributed by atoms with Crippen LogP contribution in [-0.4, -0.2) is 159 Å². The molecule has 3 aliphatic rings. The third-order valence-electron chi connectivity index (χ3n) is 11.8. The van der Waals surface area contributed by atoms with Gasteiger partial charge in [0.25, 0.3) is 0 Å². The number of esters is 1. The molecule has 0 aliphatic carbocycles. The minimum absolute atomic E-state index is 0.0614. The van der Waals surface area contributed by atoms with Crippen molar-refractivity contribution in [2.24, 2.45) is 23.7 Å². The molecule has 3 heterocycles. The van der Waals surface area contributed by atoms with Crippen molar-refractivity contribution in [3.05, 3.63) is 0 Å². The Bertz CT molecular complexity index is 1190. The van der Waals surface area contributed by atoms with Crippen LogP contribution in [0.3, 0.4) is 0 Å². The van der Waals surface area contributed by atoms with Gasteiger partial charge in [0.05, 0.1) is 47.6 Å². The summed E-state index contributed by atoms with van der Waals surface area (Å²) in [6, 6.07) is -0.345. The number of carbonyl (C=O) groups is 2. The van der Waals surface area contributed by atoms with Crippen LogP contribution < -0.4 is 0 Å². The summed E-state index contributed by atoms with van der Waals surface area (Å²) < 4.78 is 36.9. The van der Waals surface area contributed by atoms with Crippen LogP contribution in [0.4, 0.5) is 0 Å². The van der Waals surface area contributed by atoms with E-state index in [1.165, 1.54) is 27.9 Å². The summed E-state index contributed by atoms with van der Waals surface area (Å²) in [5.41, 5.74) is -5.06. The Morgan fingerprint density at radius 1 is 0.885 bits per heavy atom. The van der Waals surface area contributed by atoms with Gasteiger partial charge in [-0.3, -0.25) is 9.59 Å². The summed E-state index contributed by atoms with van der Waals surface area (Å²) in [5.74, 6) is -5.40. The van der Waals surface area contributed by atoms with Crippen LogP contribution in [0, 0.1) is 23.7 Å². The highest BCUT2D eigenvalue weighted by atomic mass is 16.7. The molecule has 0 bridgehead atoms. The highest BCUT2D eigenvalue weighted by Gasteiger charge is 2.53. The molecule has 0 aromatic rings. The van der Waals surface area contributed by atoms with Crippen molar-refractivity contribution in [2.75, 3.05) is 27.8 Å². The van der Waals surface area contributed by atoms with E-state index in [1.54, 1.807) is 34.6 Å². The summed E-state index contributed by atoms with van der Waals surface area (Å²) in [7, 11) is 5.13. The standard InChI is InChI=1S/C37H67NO14/c1-18-16-35(7,45)32(52-34-28(41)24(38(10)11)15-19(2)48-34)21(4)29(51-26-17-36(8,47-12)31(43)23(6)49-26)22(5)33(44)50-25(13-14-39)37(9,46)30(42)20(3)27(18)40/h18-26,28-32,34,39,41-43,45-46H,13-17H2,1-12H3/t18-,19-,20+,21+,22-,23+,24+,25-,26+,28-,29+,30-,31+,32-,34+,35-,36-,37-/m1/s1. The highest BCUT2D eigenvalue weighted by Crippen LogP contribution is 2.40. The molecular weight excluding hydrogens is 682 g/mol. The number of hydrogen-bond acceptors (Lipinski definition) is 15. The van der Waals surface area contributed by atoms with E-state index in [1.807, 2.05) is 25.9 Å². The van der Waals surface area contributed by atoms with E-state index in [9.17, 15) is 40.2 Å². The summed E-state index contributed by atoms with van der Waals surface area (Å²) >= 11 is 0. The van der Waals surface area contributed by atoms with E-state index in [2.05, 4.69) is 0 Å². The number of aliphatic hydroxyl groups excluding tert-OH is 4. The fourth-order valence-electron chi connectivity index (χ4n) is 8.38. The normalized spacial score (nSPS) is 49.0. The Labute approximate surface area is 308 Å². The van der Waals surface area contributed by atoms with Crippen LogP contribution in [0.1, 0.15) is 88.0 Å². The number of likely N-dealkylation sites (N-methyl/N-ethyl adjacent to an activating group) is 1. The first-order valence-corrected chi connectivity index (χ1v) is 18.6. The summed E-state index contributed by atoms with van der Waals surface area (Å²) in [4.78, 5) is 29.8. The Morgan fingerprint density at radius 2 is 1.50 bits per heavy atom. The lowest BCUT2D eigenvalue weighted by Crippen LogP contribution is -2.61. The molecule has 15 heteroatoms. The lowest BCUT2D eigenvalue weighted by Gasteiger charge is -2.49. The molecule has 0 radical (unpaired) electrons. The molecule has 3 fully saturated rings. The predicted octanol–water partition coefficient (Wildman–Crippen LogP) is 0.758. The van der Waals surface area contributed by atoms with Gasteiger partial charge in [0.15, 0.2) is 12.6 Å². The summed E-state index contributed by atoms with van der Waals surface area (Å²) in [6.07, 6.45) is -10.8. The zero-order valence-electron chi connectivity index (χ0n) is 33.1. The number of aliphatic hydroxyl groups is 6. The zero-order valence-corrected chi connectivity index (χ0v) is 33.1. The maximum Gasteiger partial charge on any atom is 0.311 e. The third-order valence-corrected chi connectivity index (χ3v) is 11.8. The first-order valence-electron chi connectivity index (χ1n) is 18.6. The fraction of sp³-hybridized carbons (Fsp3) is 0.946. The number of ether oxygens (including phenoxy) is 6. The molecule has 0 spiro atoms. The second kappa shape index (κ2) is 17.6. The quantitative estimate of drug-likeness (QED) is 0.189. The van der Waals surface area contributed by atoms with Gasteiger partial charge in [0, 0.05) is 50.4 Å². The minimum atomic E-state index is -2.15. The second-order valence-corrected chi connectivity index (χ2v) is 16.6. The average molecular weight is 750 g/mol. The van der Waals surface area contributed by atoms with Crippen LogP contribution in [0.15, 0.2) is 0 Å². The van der Waals surface area contributed by atoms with Crippen molar-refractivity contribution in [1.29, 1.82) is 0 Å². The number of rotatable bonds is 8. The van der Waals surface area contributed by atoms with Gasteiger partial charge in [-0.25, -0.2) is 0 Å². The zero-order chi connectivity index (χ0) is 39.7. The monoisotopic (exact) mass is 749 g/mol. The van der Waals surface area contributed by atoms with E-state index in [-0.39, 0.29) is 31.4 Å². The second-order valence-electron chi connectivity index (χ2n) is 16.6. The van der Waals surface area contributed by atoms with Crippen LogP contribution >= 0.6 is 0 Å². The molecule has 0 saturated carbocycles. The SMILES string of the molecule is CO[C@]1(C)C[C@H](O[C@H]2[C@H](C)[C@@H](O[C@@H]3O[C@H](C)C[C@H](N(C)C)[C@H]3O)[C@](C)(O)C[C@@H](C)C(=O)[C@H](C)[C@@H](O)[C@](C)(O)[C@@H](CCO)OC(=O)[C@@H]2C)O[C@@H](C)[C@@H]1O. The summed E-state index contributed by atoms with van der Waals surface area (Å²) in [6.45, 7) is 13.8. The molecule has 0 aromatic carbocycles. The first-order chi connectivity index (χ1) is 23.9. The molecule has 52 heavy (non-hydrogen) atoms. The third kappa shape index (κ3) is 9.72. The Kier molecular flexibility index (Phi) is 15.3. The van der Waals surface area contributed by atoms with Gasteiger partial charge in [0.2, 0.25) is 0 Å². The van der Waals surface area contributed by atoms with Crippen molar-refractivity contribution >= 4 is 11.8 Å². The number of Topliss-reactive ketones (excluding diaryl/α,β-unsaturated/α-hetero) is 1. The molecule has 304 valence electrons. The van der Waals surface area contributed by atoms with Crippen molar-refractivity contribution in [3.63, 3.8) is 0 Å². The number of nitrogens with zero attached hydrogens (tertiary/aromatic N) is 1. The van der Waals surface area contributed by atoms with Crippen molar-refractivity contribution in [3.8, 4) is 0 Å². The molecule has 3 saturated heterocycles. The van der Waals surface area contributed by atoms with Crippen LogP contribution in [0.2, 0.25) is 0 Å². The molecule has 6 N–H and O–H groups in total. The van der Waals surface area contributed by atoms with E-state index >= 15 is 0 Å². The molecule has 0 unspecified atom stereocenters. The number of ketones is 1. The Hall–Kier alpha value is -1.34. The number of hydrogen-bond donors (Lipinski definition) is 6. The Morgan fingerprint density at radius 3 is 2.06 bits per heavy atom. The summed E-state index contributed by atoms with van der Waals surface area (Å²) in [5, 5.41) is 67.5. The number of cyclic esters (lactones) is 1. The minimum Gasteiger partial charge on any atom is -0.459 e. The van der Waals surface area contributed by atoms with Gasteiger partial charge in [-0.1, -0.05) is 20.8 Å². The maximum atomic E-state index is 14.1. The molecule has 0 amide bonds. The number of carbonyl (C=O) groups excluding carboxylic acids is 2. The fourth-order valence-corrected chi connectivity index (χ4v) is 8.38. The molecular formula is C37H67NO14. The van der Waals surface area contributed by atoms with Gasteiger partial charge in [0.1, 0.15) is 29.7 Å². The molecule has 18 atom stereocenters. The van der Waals surface area contributed by atoms with Gasteiger partial charge in [-0.15, -0.1) is 0 Å². The van der Waals surface area contributed by atoms with Gasteiger partial charge < -0.3 is 64.0 Å². The predicted molar refractivity (Wildman–Crippen MR) is 188 cm³/mol. The van der Waals surface area contributed by atoms with Gasteiger partial charge >= 0.3 is 5.97 Å². The molecule has 3 rings (SSSR count).